The van der Waals surface area contributed by atoms with Gasteiger partial charge in [-0.3, -0.25) is 0 Å². The van der Waals surface area contributed by atoms with Crippen molar-refractivity contribution < 1.29 is 0 Å². The lowest BCUT2D eigenvalue weighted by Crippen LogP contribution is -2.41. The van der Waals surface area contributed by atoms with Crippen LogP contribution in [0.25, 0.3) is 0 Å². The molecular formula is C12H25N. The van der Waals surface area contributed by atoms with Gasteiger partial charge in [-0.25, -0.2) is 0 Å². The van der Waals surface area contributed by atoms with Crippen molar-refractivity contribution in [2.75, 3.05) is 20.1 Å². The smallest absolute Gasteiger partial charge is 0.00349 e. The van der Waals surface area contributed by atoms with E-state index in [1.165, 1.54) is 51.6 Å². The third-order valence-corrected chi connectivity index (χ3v) is 3.41. The van der Waals surface area contributed by atoms with E-state index in [9.17, 15) is 0 Å². The molecule has 0 atom stereocenters. The summed E-state index contributed by atoms with van der Waals surface area (Å²) >= 11 is 0. The van der Waals surface area contributed by atoms with Crippen LogP contribution in [0.15, 0.2) is 0 Å². The first-order valence-corrected chi connectivity index (χ1v) is 5.91. The Morgan fingerprint density at radius 3 is 2.23 bits per heavy atom. The van der Waals surface area contributed by atoms with Crippen molar-refractivity contribution in [3.63, 3.8) is 0 Å². The lowest BCUT2D eigenvalue weighted by atomic mass is 9.73. The van der Waals surface area contributed by atoms with Crippen LogP contribution in [0, 0.1) is 5.41 Å². The molecule has 0 radical (unpaired) electrons. The predicted octanol–water partition coefficient (Wildman–Crippen LogP) is 3.30. The zero-order valence-electron chi connectivity index (χ0n) is 9.60. The largest absolute Gasteiger partial charge is 0.306 e. The Morgan fingerprint density at radius 2 is 1.77 bits per heavy atom. The maximum atomic E-state index is 2.52. The van der Waals surface area contributed by atoms with Crippen LogP contribution in [0.3, 0.4) is 0 Å². The summed E-state index contributed by atoms with van der Waals surface area (Å²) in [6.45, 7) is 7.31. The van der Waals surface area contributed by atoms with Crippen molar-refractivity contribution in [2.45, 2.75) is 52.4 Å². The molecule has 13 heavy (non-hydrogen) atoms. The highest BCUT2D eigenvalue weighted by Gasteiger charge is 2.32. The molecule has 0 aliphatic carbocycles. The van der Waals surface area contributed by atoms with Gasteiger partial charge in [-0.15, -0.1) is 0 Å². The van der Waals surface area contributed by atoms with Crippen molar-refractivity contribution in [3.8, 4) is 0 Å². The van der Waals surface area contributed by atoms with Crippen molar-refractivity contribution in [2.24, 2.45) is 5.41 Å². The molecule has 0 unspecified atom stereocenters. The van der Waals surface area contributed by atoms with Crippen LogP contribution in [0.2, 0.25) is 0 Å². The molecule has 0 N–H and O–H groups in total. The van der Waals surface area contributed by atoms with Crippen molar-refractivity contribution in [3.05, 3.63) is 0 Å². The van der Waals surface area contributed by atoms with Crippen molar-refractivity contribution >= 4 is 0 Å². The number of hydrogen-bond acceptors (Lipinski definition) is 1. The summed E-state index contributed by atoms with van der Waals surface area (Å²) in [7, 11) is 2.28. The normalized spacial score (nSPS) is 23.3. The average molecular weight is 183 g/mol. The summed E-state index contributed by atoms with van der Waals surface area (Å²) in [5.74, 6) is 0. The Morgan fingerprint density at radius 1 is 1.15 bits per heavy atom. The molecule has 0 aromatic carbocycles. The number of rotatable bonds is 4. The van der Waals surface area contributed by atoms with E-state index < -0.39 is 0 Å². The summed E-state index contributed by atoms with van der Waals surface area (Å²) in [6.07, 6.45) is 8.47. The van der Waals surface area contributed by atoms with Gasteiger partial charge < -0.3 is 4.90 Å². The first-order chi connectivity index (χ1) is 6.22. The molecule has 0 aromatic heterocycles. The Kier molecular flexibility index (Phi) is 4.24. The molecule has 1 heterocycles. The topological polar surface area (TPSA) is 3.24 Å². The van der Waals surface area contributed by atoms with E-state index in [4.69, 9.17) is 0 Å². The van der Waals surface area contributed by atoms with E-state index in [0.717, 1.165) is 0 Å². The lowest BCUT2D eigenvalue weighted by Gasteiger charge is -2.41. The van der Waals surface area contributed by atoms with Gasteiger partial charge in [0.1, 0.15) is 0 Å². The van der Waals surface area contributed by atoms with Gasteiger partial charge in [-0.05, 0) is 44.7 Å². The van der Waals surface area contributed by atoms with Crippen molar-refractivity contribution in [1.29, 1.82) is 0 Å². The van der Waals surface area contributed by atoms with E-state index in [1.807, 2.05) is 0 Å². The maximum absolute atomic E-state index is 2.52. The number of hydrogen-bond donors (Lipinski definition) is 0. The van der Waals surface area contributed by atoms with Gasteiger partial charge in [-0.1, -0.05) is 26.7 Å². The van der Waals surface area contributed by atoms with E-state index in [2.05, 4.69) is 25.8 Å². The second-order valence-corrected chi connectivity index (χ2v) is 4.84. The third kappa shape index (κ3) is 2.98. The van der Waals surface area contributed by atoms with E-state index in [-0.39, 0.29) is 0 Å². The van der Waals surface area contributed by atoms with Crippen LogP contribution >= 0.6 is 0 Å². The molecule has 0 amide bonds. The van der Waals surface area contributed by atoms with E-state index in [0.29, 0.717) is 5.41 Å². The van der Waals surface area contributed by atoms with Crippen LogP contribution in [-0.4, -0.2) is 25.0 Å². The quantitative estimate of drug-likeness (QED) is 0.646. The zero-order chi connectivity index (χ0) is 9.73. The zero-order valence-corrected chi connectivity index (χ0v) is 9.60. The van der Waals surface area contributed by atoms with Gasteiger partial charge in [0.2, 0.25) is 0 Å². The second kappa shape index (κ2) is 4.99. The highest BCUT2D eigenvalue weighted by molar-refractivity contribution is 4.85. The fraction of sp³-hybridized carbons (Fsp3) is 1.00. The highest BCUT2D eigenvalue weighted by atomic mass is 15.1. The van der Waals surface area contributed by atoms with E-state index in [1.54, 1.807) is 0 Å². The minimum Gasteiger partial charge on any atom is -0.306 e. The predicted molar refractivity (Wildman–Crippen MR) is 59.0 cm³/mol. The van der Waals surface area contributed by atoms with Crippen LogP contribution in [-0.2, 0) is 0 Å². The van der Waals surface area contributed by atoms with Gasteiger partial charge >= 0.3 is 0 Å². The standard InChI is InChI=1S/C12H25N/c1-4-7-12(8-5-2)9-6-10-13(3)11-12/h4-11H2,1-3H3. The van der Waals surface area contributed by atoms with Gasteiger partial charge in [0.05, 0.1) is 0 Å². The van der Waals surface area contributed by atoms with Gasteiger partial charge in [0, 0.05) is 6.54 Å². The molecule has 1 nitrogen and oxygen atoms in total. The van der Waals surface area contributed by atoms with Gasteiger partial charge in [-0.2, -0.15) is 0 Å². The summed E-state index contributed by atoms with van der Waals surface area (Å²) in [4.78, 5) is 2.52. The average Bonchev–Trinajstić information content (AvgIpc) is 2.04. The third-order valence-electron chi connectivity index (χ3n) is 3.41. The molecule has 1 aliphatic heterocycles. The first kappa shape index (κ1) is 11.0. The van der Waals surface area contributed by atoms with Crippen LogP contribution < -0.4 is 0 Å². The first-order valence-electron chi connectivity index (χ1n) is 5.91. The molecular weight excluding hydrogens is 158 g/mol. The summed E-state index contributed by atoms with van der Waals surface area (Å²) in [6, 6.07) is 0. The fourth-order valence-corrected chi connectivity index (χ4v) is 3.05. The number of nitrogens with zero attached hydrogens (tertiary/aromatic N) is 1. The Labute approximate surface area is 83.5 Å². The van der Waals surface area contributed by atoms with Gasteiger partial charge in [0.15, 0.2) is 0 Å². The molecule has 0 spiro atoms. The highest BCUT2D eigenvalue weighted by Crippen LogP contribution is 2.38. The number of likely N-dealkylation sites (tertiary alicyclic amines) is 1. The summed E-state index contributed by atoms with van der Waals surface area (Å²) in [5, 5.41) is 0. The minimum absolute atomic E-state index is 0.677. The maximum Gasteiger partial charge on any atom is 0.00349 e. The number of piperidine rings is 1. The lowest BCUT2D eigenvalue weighted by molar-refractivity contribution is 0.0880. The Hall–Kier alpha value is -0.0400. The van der Waals surface area contributed by atoms with Crippen molar-refractivity contribution in [1.82, 2.24) is 4.90 Å². The minimum atomic E-state index is 0.677. The van der Waals surface area contributed by atoms with Crippen LogP contribution in [0.1, 0.15) is 52.4 Å². The Bertz CT molecular complexity index is 131. The summed E-state index contributed by atoms with van der Waals surface area (Å²) < 4.78 is 0. The van der Waals surface area contributed by atoms with Crippen LogP contribution in [0.4, 0.5) is 0 Å². The van der Waals surface area contributed by atoms with E-state index >= 15 is 0 Å². The fourth-order valence-electron chi connectivity index (χ4n) is 3.05. The van der Waals surface area contributed by atoms with Crippen LogP contribution in [0.5, 0.6) is 0 Å². The molecule has 1 saturated heterocycles. The molecule has 0 bridgehead atoms. The molecule has 1 fully saturated rings. The summed E-state index contributed by atoms with van der Waals surface area (Å²) in [5.41, 5.74) is 0.677. The second-order valence-electron chi connectivity index (χ2n) is 4.84. The molecule has 1 rings (SSSR count). The molecule has 0 saturated carbocycles. The monoisotopic (exact) mass is 183 g/mol. The Balaban J connectivity index is 2.53. The van der Waals surface area contributed by atoms with Gasteiger partial charge in [0.25, 0.3) is 0 Å². The molecule has 78 valence electrons. The molecule has 1 aliphatic rings. The molecule has 0 aromatic rings. The SMILES string of the molecule is CCCC1(CCC)CCCN(C)C1. The molecule has 1 heteroatoms.